The number of rotatable bonds is 10. The van der Waals surface area contributed by atoms with Crippen molar-refractivity contribution in [3.8, 4) is 0 Å². The predicted octanol–water partition coefficient (Wildman–Crippen LogP) is 10.7. The number of hydrogen-bond acceptors (Lipinski definition) is 9. The number of ketones is 1. The van der Waals surface area contributed by atoms with Crippen LogP contribution in [0.25, 0.3) is 6.08 Å². The molecule has 1 aromatic rings. The average molecular weight is 778 g/mol. The molecule has 0 spiro atoms. The molecule has 2 rings (SSSR count). The Morgan fingerprint density at radius 1 is 1.04 bits per heavy atom. The maximum absolute atomic E-state index is 14.9. The van der Waals surface area contributed by atoms with Gasteiger partial charge in [-0.2, -0.15) is 0 Å². The van der Waals surface area contributed by atoms with Crippen molar-refractivity contribution in [1.82, 2.24) is 4.98 Å². The first-order valence-corrected chi connectivity index (χ1v) is 25.5. The highest BCUT2D eigenvalue weighted by Crippen LogP contribution is 2.44. The van der Waals surface area contributed by atoms with E-state index in [-0.39, 0.29) is 41.1 Å². The summed E-state index contributed by atoms with van der Waals surface area (Å²) in [6.45, 7) is 34.5. The summed E-state index contributed by atoms with van der Waals surface area (Å²) in [6, 6.07) is 0. The number of carbonyl (C=O) groups is 2. The lowest BCUT2D eigenvalue weighted by molar-refractivity contribution is -0.153. The molecule has 0 aromatic carbocycles. The summed E-state index contributed by atoms with van der Waals surface area (Å²) < 4.78 is 31.5. The van der Waals surface area contributed by atoms with Crippen molar-refractivity contribution in [3.05, 3.63) is 45.5 Å². The van der Waals surface area contributed by atoms with Crippen molar-refractivity contribution < 1.29 is 32.7 Å². The first-order valence-electron chi connectivity index (χ1n) is 18.8. The molecule has 0 N–H and O–H groups in total. The fourth-order valence-corrected chi connectivity index (χ4v) is 9.25. The summed E-state index contributed by atoms with van der Waals surface area (Å²) in [4.78, 5) is 33.7. The van der Waals surface area contributed by atoms with Crippen LogP contribution in [0.15, 0.2) is 34.8 Å². The zero-order valence-corrected chi connectivity index (χ0v) is 38.3. The second kappa shape index (κ2) is 18.7. The van der Waals surface area contributed by atoms with E-state index in [9.17, 15) is 9.59 Å². The van der Waals surface area contributed by atoms with Crippen molar-refractivity contribution in [1.29, 1.82) is 0 Å². The standard InChI is InChI=1S/C41H71NO7SSi2/c1-28-19-18-20-32(25-46-27-45-13)21-22-34(29(2)23-33-26-50-31(4)42-33)47-36(43)24-35(48-51(14,15)39(5,6)7)41(11,12)38(44)30(3)37(28)49-52(16,17)40(8,9)10/h18-19,21,23,26,28,30,34-35,37H,20,22,24-25,27H2,1-17H3/b19-18+,29-23+,32-21-/t28-,30+,34-,35-,37-/m0/s1. The van der Waals surface area contributed by atoms with Gasteiger partial charge in [-0.15, -0.1) is 11.3 Å². The first-order chi connectivity index (χ1) is 23.7. The van der Waals surface area contributed by atoms with E-state index in [0.29, 0.717) is 19.4 Å². The summed E-state index contributed by atoms with van der Waals surface area (Å²) in [6.07, 6.45) is 7.87. The Morgan fingerprint density at radius 2 is 1.63 bits per heavy atom. The number of thiazole rings is 1. The van der Waals surface area contributed by atoms with E-state index in [2.05, 4.69) is 97.9 Å². The van der Waals surface area contributed by atoms with Crippen LogP contribution in [-0.4, -0.2) is 72.2 Å². The van der Waals surface area contributed by atoms with Gasteiger partial charge in [0, 0.05) is 30.2 Å². The van der Waals surface area contributed by atoms with E-state index < -0.39 is 46.1 Å². The van der Waals surface area contributed by atoms with Gasteiger partial charge >= 0.3 is 5.97 Å². The fraction of sp³-hybridized carbons (Fsp3) is 0.732. The molecule has 0 aliphatic carbocycles. The number of hydrogen-bond donors (Lipinski definition) is 0. The number of cyclic esters (lactones) is 1. The van der Waals surface area contributed by atoms with Crippen molar-refractivity contribution in [2.75, 3.05) is 20.5 Å². The van der Waals surface area contributed by atoms with Gasteiger partial charge in [0.15, 0.2) is 16.6 Å². The average Bonchev–Trinajstić information content (AvgIpc) is 3.42. The van der Waals surface area contributed by atoms with Gasteiger partial charge in [0.05, 0.1) is 35.9 Å². The maximum atomic E-state index is 14.9. The molecule has 0 bridgehead atoms. The Labute approximate surface area is 322 Å². The van der Waals surface area contributed by atoms with Crippen LogP contribution < -0.4 is 0 Å². The molecule has 0 fully saturated rings. The normalized spacial score (nSPS) is 26.8. The molecular formula is C41H71NO7SSi2. The number of ether oxygens (including phenoxy) is 3. The Bertz CT molecular complexity index is 1430. The van der Waals surface area contributed by atoms with Crippen LogP contribution in [0.1, 0.15) is 106 Å². The second-order valence-corrected chi connectivity index (χ2v) is 28.9. The van der Waals surface area contributed by atoms with Gasteiger partial charge in [0.25, 0.3) is 0 Å². The molecule has 5 atom stereocenters. The van der Waals surface area contributed by atoms with Crippen LogP contribution in [0.3, 0.4) is 0 Å². The number of methoxy groups -OCH3 is 1. The van der Waals surface area contributed by atoms with Crippen molar-refractivity contribution >= 4 is 45.8 Å². The number of carbonyl (C=O) groups excluding carboxylic acids is 2. The number of aryl methyl sites for hydroxylation is 1. The minimum absolute atomic E-state index is 0.0279. The van der Waals surface area contributed by atoms with Crippen LogP contribution in [0, 0.1) is 24.2 Å². The molecule has 1 aliphatic heterocycles. The Balaban J connectivity index is 2.77. The number of Topliss-reactive ketones (excluding diaryl/α,β-unsaturated/α-hetero) is 1. The van der Waals surface area contributed by atoms with Gasteiger partial charge in [0.1, 0.15) is 18.7 Å². The zero-order valence-electron chi connectivity index (χ0n) is 35.5. The number of esters is 1. The van der Waals surface area contributed by atoms with E-state index in [1.54, 1.807) is 18.4 Å². The SMILES string of the molecule is COCOC/C1=C\C[C@@H](/C(C)=C/c2csc(C)n2)OC(=O)C[C@H](O[Si](C)(C)C(C)(C)C)C(C)(C)C(=O)[C@H](C)[C@@H](O[Si](C)(C)C(C)(C)C)[C@@H](C)/C=C/C1. The molecule has 52 heavy (non-hydrogen) atoms. The largest absolute Gasteiger partial charge is 0.457 e. The van der Waals surface area contributed by atoms with Gasteiger partial charge in [0.2, 0.25) is 0 Å². The van der Waals surface area contributed by atoms with E-state index in [1.165, 1.54) is 0 Å². The van der Waals surface area contributed by atoms with E-state index in [4.69, 9.17) is 23.1 Å². The zero-order chi connectivity index (χ0) is 39.9. The number of allylic oxidation sites excluding steroid dienone is 1. The molecule has 0 radical (unpaired) electrons. The highest BCUT2D eigenvalue weighted by Gasteiger charge is 2.50. The van der Waals surface area contributed by atoms with E-state index in [1.807, 2.05) is 46.1 Å². The Morgan fingerprint density at radius 3 is 2.17 bits per heavy atom. The van der Waals surface area contributed by atoms with Gasteiger partial charge < -0.3 is 23.1 Å². The fourth-order valence-electron chi connectivity index (χ4n) is 5.79. The summed E-state index contributed by atoms with van der Waals surface area (Å²) in [7, 11) is -3.12. The monoisotopic (exact) mass is 777 g/mol. The molecule has 1 aromatic heterocycles. The van der Waals surface area contributed by atoms with Gasteiger partial charge in [-0.1, -0.05) is 87.5 Å². The molecule has 0 saturated carbocycles. The first kappa shape index (κ1) is 46.4. The van der Waals surface area contributed by atoms with Crippen molar-refractivity contribution in [2.24, 2.45) is 17.3 Å². The number of nitrogens with zero attached hydrogens (tertiary/aromatic N) is 1. The number of aromatic nitrogens is 1. The highest BCUT2D eigenvalue weighted by molar-refractivity contribution is 7.09. The summed E-state index contributed by atoms with van der Waals surface area (Å²) >= 11 is 1.58. The molecule has 0 unspecified atom stereocenters. The lowest BCUT2D eigenvalue weighted by atomic mass is 9.73. The van der Waals surface area contributed by atoms with Crippen LogP contribution in [0.4, 0.5) is 0 Å². The van der Waals surface area contributed by atoms with Crippen LogP contribution in [0.2, 0.25) is 36.3 Å². The summed E-state index contributed by atoms with van der Waals surface area (Å²) in [5.74, 6) is -0.885. The van der Waals surface area contributed by atoms with Crippen LogP contribution >= 0.6 is 11.3 Å². The smallest absolute Gasteiger partial charge is 0.309 e. The minimum atomic E-state index is -2.44. The molecule has 11 heteroatoms. The lowest BCUT2D eigenvalue weighted by Gasteiger charge is -2.46. The highest BCUT2D eigenvalue weighted by atomic mass is 32.1. The molecule has 1 aliphatic rings. The van der Waals surface area contributed by atoms with E-state index >= 15 is 0 Å². The third kappa shape index (κ3) is 12.9. The Kier molecular flexibility index (Phi) is 16.7. The van der Waals surface area contributed by atoms with Gasteiger partial charge in [-0.3, -0.25) is 9.59 Å². The quantitative estimate of drug-likeness (QED) is 0.0762. The molecule has 8 nitrogen and oxygen atoms in total. The van der Waals surface area contributed by atoms with Gasteiger partial charge in [-0.05, 0) is 79.7 Å². The molecular weight excluding hydrogens is 707 g/mol. The minimum Gasteiger partial charge on any atom is -0.457 e. The van der Waals surface area contributed by atoms with E-state index in [0.717, 1.165) is 21.8 Å². The topological polar surface area (TPSA) is 93.2 Å². The Hall–Kier alpha value is -1.74. The summed E-state index contributed by atoms with van der Waals surface area (Å²) in [5, 5.41) is 2.79. The predicted molar refractivity (Wildman–Crippen MR) is 221 cm³/mol. The maximum Gasteiger partial charge on any atom is 0.309 e. The van der Waals surface area contributed by atoms with Crippen LogP contribution in [0.5, 0.6) is 0 Å². The molecule has 296 valence electrons. The third-order valence-corrected chi connectivity index (χ3v) is 21.2. The second-order valence-electron chi connectivity index (χ2n) is 18.3. The van der Waals surface area contributed by atoms with Gasteiger partial charge in [-0.25, -0.2) is 4.98 Å². The molecule has 0 amide bonds. The third-order valence-electron chi connectivity index (χ3n) is 11.4. The van der Waals surface area contributed by atoms with Crippen LogP contribution in [-0.2, 0) is 32.7 Å². The van der Waals surface area contributed by atoms with Crippen molar-refractivity contribution in [3.63, 3.8) is 0 Å². The lowest BCUT2D eigenvalue weighted by Crippen LogP contribution is -2.54. The van der Waals surface area contributed by atoms with Crippen molar-refractivity contribution in [2.45, 2.75) is 157 Å². The summed E-state index contributed by atoms with van der Waals surface area (Å²) in [5.41, 5.74) is 1.75. The molecule has 0 saturated heterocycles. The molecule has 2 heterocycles.